The second kappa shape index (κ2) is 11.1. The molecule has 0 spiro atoms. The SMILES string of the molecule is CCCCCCC=C[C@H]1CC[C@H]2O[C@@H]([C@H](I)CCCC(O)O)C[C@H]12. The highest BCUT2D eigenvalue weighted by atomic mass is 127. The Hall–Kier alpha value is 0.350. The van der Waals surface area contributed by atoms with Crippen molar-refractivity contribution < 1.29 is 14.9 Å². The molecule has 1 aliphatic heterocycles. The van der Waals surface area contributed by atoms with Gasteiger partial charge in [0.05, 0.1) is 12.2 Å². The first-order valence-electron chi connectivity index (χ1n) is 9.94. The van der Waals surface area contributed by atoms with Crippen LogP contribution >= 0.6 is 22.6 Å². The molecule has 2 aliphatic rings. The van der Waals surface area contributed by atoms with Crippen LogP contribution in [0.4, 0.5) is 0 Å². The number of fused-ring (bicyclic) bond motifs is 1. The van der Waals surface area contributed by atoms with Gasteiger partial charge in [0.2, 0.25) is 0 Å². The Kier molecular flexibility index (Phi) is 9.59. The van der Waals surface area contributed by atoms with Gasteiger partial charge in [-0.3, -0.25) is 0 Å². The number of rotatable bonds is 11. The molecule has 1 heterocycles. The van der Waals surface area contributed by atoms with Gasteiger partial charge in [-0.2, -0.15) is 0 Å². The molecule has 2 fully saturated rings. The van der Waals surface area contributed by atoms with E-state index in [0.29, 0.717) is 34.4 Å². The van der Waals surface area contributed by atoms with Crippen molar-refractivity contribution in [3.05, 3.63) is 12.2 Å². The molecule has 0 aromatic carbocycles. The molecule has 0 unspecified atom stereocenters. The number of allylic oxidation sites excluding steroid dienone is 2. The van der Waals surface area contributed by atoms with Gasteiger partial charge in [0.1, 0.15) is 0 Å². The number of halogens is 1. The lowest BCUT2D eigenvalue weighted by atomic mass is 9.90. The van der Waals surface area contributed by atoms with E-state index in [1.807, 2.05) is 0 Å². The van der Waals surface area contributed by atoms with Crippen LogP contribution in [-0.2, 0) is 4.74 Å². The molecule has 1 aliphatic carbocycles. The summed E-state index contributed by atoms with van der Waals surface area (Å²) in [7, 11) is 0. The predicted molar refractivity (Wildman–Crippen MR) is 107 cm³/mol. The molecule has 5 atom stereocenters. The quantitative estimate of drug-likeness (QED) is 0.154. The molecule has 2 N–H and O–H groups in total. The topological polar surface area (TPSA) is 49.7 Å². The van der Waals surface area contributed by atoms with Gasteiger partial charge in [-0.25, -0.2) is 0 Å². The summed E-state index contributed by atoms with van der Waals surface area (Å²) in [5, 5.41) is 17.9. The van der Waals surface area contributed by atoms with E-state index in [2.05, 4.69) is 41.7 Å². The number of aliphatic hydroxyl groups excluding tert-OH is 1. The highest BCUT2D eigenvalue weighted by Gasteiger charge is 2.44. The smallest absolute Gasteiger partial charge is 0.151 e. The van der Waals surface area contributed by atoms with Crippen LogP contribution in [0, 0.1) is 11.8 Å². The van der Waals surface area contributed by atoms with E-state index in [1.54, 1.807) is 0 Å². The molecule has 140 valence electrons. The molecule has 1 saturated heterocycles. The van der Waals surface area contributed by atoms with E-state index in [4.69, 9.17) is 14.9 Å². The van der Waals surface area contributed by atoms with Gasteiger partial charge in [-0.15, -0.1) is 0 Å². The summed E-state index contributed by atoms with van der Waals surface area (Å²) < 4.78 is 6.82. The lowest BCUT2D eigenvalue weighted by Crippen LogP contribution is -2.22. The standard InChI is InChI=1S/C20H35IO3/c1-2-3-4-5-6-7-9-15-12-13-18-16(15)14-19(24-18)17(21)10-8-11-20(22)23/h7,9,15-20,22-23H,2-6,8,10-14H2,1H3/t15-,16+,17+,18+,19+/m0/s1. The molecule has 2 rings (SSSR count). The maximum Gasteiger partial charge on any atom is 0.151 e. The lowest BCUT2D eigenvalue weighted by molar-refractivity contribution is -0.0471. The van der Waals surface area contributed by atoms with E-state index in [0.717, 1.165) is 12.8 Å². The summed E-state index contributed by atoms with van der Waals surface area (Å²) in [6.07, 6.45) is 17.2. The molecule has 0 amide bonds. The third-order valence-corrected chi connectivity index (χ3v) is 7.04. The third kappa shape index (κ3) is 6.58. The normalized spacial score (nSPS) is 31.2. The van der Waals surface area contributed by atoms with Gasteiger partial charge in [-0.05, 0) is 63.2 Å². The zero-order chi connectivity index (χ0) is 17.4. The molecule has 24 heavy (non-hydrogen) atoms. The monoisotopic (exact) mass is 450 g/mol. The molecule has 0 radical (unpaired) electrons. The third-order valence-electron chi connectivity index (χ3n) is 5.62. The van der Waals surface area contributed by atoms with Crippen LogP contribution in [-0.4, -0.2) is 32.6 Å². The number of alkyl halides is 1. The van der Waals surface area contributed by atoms with Gasteiger partial charge in [0, 0.05) is 3.92 Å². The number of ether oxygens (including phenoxy) is 1. The van der Waals surface area contributed by atoms with Crippen molar-refractivity contribution in [2.45, 2.75) is 100.0 Å². The summed E-state index contributed by atoms with van der Waals surface area (Å²) >= 11 is 2.50. The van der Waals surface area contributed by atoms with Crippen molar-refractivity contribution >= 4 is 22.6 Å². The molecule has 0 bridgehead atoms. The number of aliphatic hydroxyl groups is 2. The average molecular weight is 450 g/mol. The van der Waals surface area contributed by atoms with E-state index >= 15 is 0 Å². The summed E-state index contributed by atoms with van der Waals surface area (Å²) in [5.41, 5.74) is 0. The Bertz CT molecular complexity index is 372. The number of unbranched alkanes of at least 4 members (excludes halogenated alkanes) is 4. The predicted octanol–water partition coefficient (Wildman–Crippen LogP) is 4.98. The van der Waals surface area contributed by atoms with Crippen molar-refractivity contribution in [2.24, 2.45) is 11.8 Å². The minimum absolute atomic E-state index is 0.359. The zero-order valence-electron chi connectivity index (χ0n) is 15.1. The first-order chi connectivity index (χ1) is 11.6. The maximum absolute atomic E-state index is 8.96. The summed E-state index contributed by atoms with van der Waals surface area (Å²) in [6.45, 7) is 2.26. The van der Waals surface area contributed by atoms with E-state index in [1.165, 1.54) is 51.4 Å². The summed E-state index contributed by atoms with van der Waals surface area (Å²) in [5.74, 6) is 1.43. The number of hydrogen-bond donors (Lipinski definition) is 2. The van der Waals surface area contributed by atoms with E-state index in [9.17, 15) is 0 Å². The summed E-state index contributed by atoms with van der Waals surface area (Å²) in [6, 6.07) is 0. The van der Waals surface area contributed by atoms with E-state index < -0.39 is 6.29 Å². The van der Waals surface area contributed by atoms with Crippen molar-refractivity contribution in [1.82, 2.24) is 0 Å². The Morgan fingerprint density at radius 2 is 1.96 bits per heavy atom. The van der Waals surface area contributed by atoms with Gasteiger partial charge < -0.3 is 14.9 Å². The van der Waals surface area contributed by atoms with Gasteiger partial charge in [0.15, 0.2) is 6.29 Å². The largest absolute Gasteiger partial charge is 0.374 e. The Balaban J connectivity index is 1.69. The molecular formula is C20H35IO3. The molecule has 3 nitrogen and oxygen atoms in total. The van der Waals surface area contributed by atoms with Crippen LogP contribution in [0.15, 0.2) is 12.2 Å². The summed E-state index contributed by atoms with van der Waals surface area (Å²) in [4.78, 5) is 0. The highest BCUT2D eigenvalue weighted by Crippen LogP contribution is 2.46. The first kappa shape index (κ1) is 20.7. The van der Waals surface area contributed by atoms with Crippen LogP contribution in [0.5, 0.6) is 0 Å². The molecule has 4 heteroatoms. The Labute approximate surface area is 161 Å². The van der Waals surface area contributed by atoms with Crippen LogP contribution < -0.4 is 0 Å². The molecular weight excluding hydrogens is 415 g/mol. The fourth-order valence-corrected chi connectivity index (χ4v) is 5.12. The van der Waals surface area contributed by atoms with Crippen LogP contribution in [0.1, 0.15) is 77.6 Å². The van der Waals surface area contributed by atoms with Gasteiger partial charge in [0.25, 0.3) is 0 Å². The second-order valence-corrected chi connectivity index (χ2v) is 9.16. The lowest BCUT2D eigenvalue weighted by Gasteiger charge is -2.19. The highest BCUT2D eigenvalue weighted by molar-refractivity contribution is 14.1. The zero-order valence-corrected chi connectivity index (χ0v) is 17.2. The molecule has 0 aromatic rings. The van der Waals surface area contributed by atoms with E-state index in [-0.39, 0.29) is 0 Å². The van der Waals surface area contributed by atoms with Crippen molar-refractivity contribution in [1.29, 1.82) is 0 Å². The van der Waals surface area contributed by atoms with Crippen LogP contribution in [0.2, 0.25) is 0 Å². The number of hydrogen-bond acceptors (Lipinski definition) is 3. The van der Waals surface area contributed by atoms with Crippen LogP contribution in [0.3, 0.4) is 0 Å². The second-order valence-electron chi connectivity index (χ2n) is 7.56. The minimum atomic E-state index is -1.16. The Morgan fingerprint density at radius 1 is 1.12 bits per heavy atom. The average Bonchev–Trinajstić information content (AvgIpc) is 3.11. The minimum Gasteiger partial charge on any atom is -0.374 e. The van der Waals surface area contributed by atoms with Crippen molar-refractivity contribution in [3.8, 4) is 0 Å². The maximum atomic E-state index is 8.96. The van der Waals surface area contributed by atoms with Crippen molar-refractivity contribution in [3.63, 3.8) is 0 Å². The Morgan fingerprint density at radius 3 is 2.71 bits per heavy atom. The molecule has 0 aromatic heterocycles. The fraction of sp³-hybridized carbons (Fsp3) is 0.900. The molecule has 1 saturated carbocycles. The van der Waals surface area contributed by atoms with Gasteiger partial charge >= 0.3 is 0 Å². The van der Waals surface area contributed by atoms with Crippen LogP contribution in [0.25, 0.3) is 0 Å². The first-order valence-corrected chi connectivity index (χ1v) is 11.2. The fourth-order valence-electron chi connectivity index (χ4n) is 4.22. The van der Waals surface area contributed by atoms with Crippen molar-refractivity contribution in [2.75, 3.05) is 0 Å². The van der Waals surface area contributed by atoms with Gasteiger partial charge in [-0.1, -0.05) is 60.9 Å².